The minimum atomic E-state index is -3.57. The number of carbonyl (C=O) groups is 2. The maximum Gasteiger partial charge on any atom is 0.338 e. The molecular weight excluding hydrogens is 424 g/mol. The van der Waals surface area contributed by atoms with Gasteiger partial charge in [0.25, 0.3) is 5.91 Å². The Morgan fingerprint density at radius 3 is 2.35 bits per heavy atom. The van der Waals surface area contributed by atoms with Crippen LogP contribution in [0.15, 0.2) is 57.9 Å². The van der Waals surface area contributed by atoms with Crippen molar-refractivity contribution in [3.8, 4) is 0 Å². The molecule has 0 fully saturated rings. The van der Waals surface area contributed by atoms with Crippen LogP contribution in [-0.2, 0) is 19.6 Å². The summed E-state index contributed by atoms with van der Waals surface area (Å²) in [4.78, 5) is 23.9. The van der Waals surface area contributed by atoms with Crippen LogP contribution in [0.2, 0.25) is 0 Å². The van der Waals surface area contributed by atoms with E-state index in [0.29, 0.717) is 5.69 Å². The lowest BCUT2D eigenvalue weighted by Gasteiger charge is -2.11. The maximum atomic E-state index is 12.0. The molecule has 1 amide bonds. The van der Waals surface area contributed by atoms with Crippen molar-refractivity contribution in [3.63, 3.8) is 0 Å². The summed E-state index contributed by atoms with van der Waals surface area (Å²) in [6, 6.07) is 12.3. The Hall–Kier alpha value is -2.23. The van der Waals surface area contributed by atoms with Gasteiger partial charge in [-0.3, -0.25) is 4.79 Å². The molecule has 0 saturated carbocycles. The molecule has 2 aromatic carbocycles. The zero-order chi connectivity index (χ0) is 19.3. The summed E-state index contributed by atoms with van der Waals surface area (Å²) in [5.74, 6) is -1.20. The van der Waals surface area contributed by atoms with Crippen molar-refractivity contribution in [2.24, 2.45) is 0 Å². The van der Waals surface area contributed by atoms with Gasteiger partial charge >= 0.3 is 5.97 Å². The van der Waals surface area contributed by atoms with Crippen LogP contribution in [0, 0.1) is 0 Å². The van der Waals surface area contributed by atoms with E-state index in [4.69, 9.17) is 4.74 Å². The lowest BCUT2D eigenvalue weighted by atomic mass is 10.2. The van der Waals surface area contributed by atoms with Gasteiger partial charge in [-0.25, -0.2) is 17.5 Å². The molecule has 1 N–H and O–H groups in total. The molecule has 9 heteroatoms. The quantitative estimate of drug-likeness (QED) is 0.696. The van der Waals surface area contributed by atoms with E-state index in [1.165, 1.54) is 38.4 Å². The van der Waals surface area contributed by atoms with Crippen LogP contribution in [0.4, 0.5) is 5.69 Å². The third kappa shape index (κ3) is 5.13. The Morgan fingerprint density at radius 1 is 1.12 bits per heavy atom. The molecule has 0 aliphatic carbocycles. The predicted molar refractivity (Wildman–Crippen MR) is 100 cm³/mol. The smallest absolute Gasteiger partial charge is 0.338 e. The number of carbonyl (C=O) groups excluding carboxylic acids is 2. The Balaban J connectivity index is 1.94. The number of rotatable bonds is 6. The molecular formula is C17H17BrN2O5S. The summed E-state index contributed by atoms with van der Waals surface area (Å²) in [5, 5.41) is 2.60. The number of halogens is 1. The van der Waals surface area contributed by atoms with Gasteiger partial charge in [0.15, 0.2) is 6.61 Å². The minimum Gasteiger partial charge on any atom is -0.452 e. The van der Waals surface area contributed by atoms with Crippen molar-refractivity contribution in [2.75, 3.05) is 26.0 Å². The third-order valence-corrected chi connectivity index (χ3v) is 5.63. The van der Waals surface area contributed by atoms with Crippen molar-refractivity contribution in [1.82, 2.24) is 4.31 Å². The molecule has 0 aliphatic rings. The second-order valence-corrected chi connectivity index (χ2v) is 8.51. The number of hydrogen-bond donors (Lipinski definition) is 1. The zero-order valence-corrected chi connectivity index (χ0v) is 16.5. The highest BCUT2D eigenvalue weighted by atomic mass is 79.9. The van der Waals surface area contributed by atoms with Crippen molar-refractivity contribution >= 4 is 43.5 Å². The average molecular weight is 441 g/mol. The second kappa shape index (κ2) is 8.43. The number of nitrogens with one attached hydrogen (secondary N) is 1. The lowest BCUT2D eigenvalue weighted by molar-refractivity contribution is -0.119. The molecule has 0 spiro atoms. The Morgan fingerprint density at radius 2 is 1.77 bits per heavy atom. The first kappa shape index (κ1) is 20.1. The van der Waals surface area contributed by atoms with Gasteiger partial charge in [0, 0.05) is 24.3 Å². The van der Waals surface area contributed by atoms with Crippen molar-refractivity contribution in [1.29, 1.82) is 0 Å². The number of benzene rings is 2. The molecule has 0 bridgehead atoms. The van der Waals surface area contributed by atoms with Crippen LogP contribution in [0.5, 0.6) is 0 Å². The molecule has 0 atom stereocenters. The van der Waals surface area contributed by atoms with Crippen LogP contribution in [-0.4, -0.2) is 45.3 Å². The van der Waals surface area contributed by atoms with Crippen molar-refractivity contribution in [3.05, 3.63) is 58.6 Å². The largest absolute Gasteiger partial charge is 0.452 e. The molecule has 0 unspecified atom stereocenters. The fraction of sp³-hybridized carbons (Fsp3) is 0.176. The standard InChI is InChI=1S/C17H17BrN2O5S/c1-20(2)26(23,24)15-8-6-12(7-9-15)17(22)25-11-16(21)19-14-5-3-4-13(18)10-14/h3-10H,11H2,1-2H3,(H,19,21). The van der Waals surface area contributed by atoms with Crippen LogP contribution >= 0.6 is 15.9 Å². The number of ether oxygens (including phenoxy) is 1. The summed E-state index contributed by atoms with van der Waals surface area (Å²) in [6.07, 6.45) is 0. The fourth-order valence-corrected chi connectivity index (χ4v) is 3.25. The Kier molecular flexibility index (Phi) is 6.52. The van der Waals surface area contributed by atoms with Crippen LogP contribution in [0.3, 0.4) is 0 Å². The van der Waals surface area contributed by atoms with Crippen LogP contribution in [0.25, 0.3) is 0 Å². The molecule has 7 nitrogen and oxygen atoms in total. The number of esters is 1. The molecule has 26 heavy (non-hydrogen) atoms. The van der Waals surface area contributed by atoms with Gasteiger partial charge in [-0.05, 0) is 42.5 Å². The van der Waals surface area contributed by atoms with Gasteiger partial charge < -0.3 is 10.1 Å². The SMILES string of the molecule is CN(C)S(=O)(=O)c1ccc(C(=O)OCC(=O)Nc2cccc(Br)c2)cc1. The summed E-state index contributed by atoms with van der Waals surface area (Å²) < 4.78 is 30.8. The fourth-order valence-electron chi connectivity index (χ4n) is 1.95. The van der Waals surface area contributed by atoms with Gasteiger partial charge in [-0.15, -0.1) is 0 Å². The number of anilines is 1. The topological polar surface area (TPSA) is 92.8 Å². The molecule has 2 rings (SSSR count). The lowest BCUT2D eigenvalue weighted by Crippen LogP contribution is -2.22. The Labute approximate surface area is 160 Å². The first-order valence-electron chi connectivity index (χ1n) is 7.45. The van der Waals surface area contributed by atoms with Gasteiger partial charge in [-0.1, -0.05) is 22.0 Å². The summed E-state index contributed by atoms with van der Waals surface area (Å²) >= 11 is 3.29. The monoisotopic (exact) mass is 440 g/mol. The van der Waals surface area contributed by atoms with Gasteiger partial charge in [0.1, 0.15) is 0 Å². The average Bonchev–Trinajstić information content (AvgIpc) is 2.59. The normalized spacial score (nSPS) is 11.2. The minimum absolute atomic E-state index is 0.0615. The van der Waals surface area contributed by atoms with E-state index in [2.05, 4.69) is 21.2 Å². The third-order valence-electron chi connectivity index (χ3n) is 3.31. The number of amides is 1. The van der Waals surface area contributed by atoms with E-state index in [0.717, 1.165) is 8.78 Å². The van der Waals surface area contributed by atoms with E-state index in [1.54, 1.807) is 18.2 Å². The van der Waals surface area contributed by atoms with E-state index in [-0.39, 0.29) is 10.5 Å². The van der Waals surface area contributed by atoms with Crippen LogP contribution in [0.1, 0.15) is 10.4 Å². The highest BCUT2D eigenvalue weighted by molar-refractivity contribution is 9.10. The zero-order valence-electron chi connectivity index (χ0n) is 14.1. The van der Waals surface area contributed by atoms with Crippen molar-refractivity contribution < 1.29 is 22.7 Å². The molecule has 0 radical (unpaired) electrons. The molecule has 2 aromatic rings. The first-order chi connectivity index (χ1) is 12.2. The second-order valence-electron chi connectivity index (χ2n) is 5.45. The molecule has 0 heterocycles. The van der Waals surface area contributed by atoms with E-state index in [1.807, 2.05) is 6.07 Å². The Bertz CT molecular complexity index is 911. The molecule has 138 valence electrons. The summed E-state index contributed by atoms with van der Waals surface area (Å²) in [6.45, 7) is -0.455. The molecule has 0 saturated heterocycles. The number of hydrogen-bond acceptors (Lipinski definition) is 5. The van der Waals surface area contributed by atoms with E-state index < -0.39 is 28.5 Å². The van der Waals surface area contributed by atoms with Crippen LogP contribution < -0.4 is 5.32 Å². The summed E-state index contributed by atoms with van der Waals surface area (Å²) in [5.41, 5.74) is 0.719. The molecule has 0 aliphatic heterocycles. The van der Waals surface area contributed by atoms with E-state index >= 15 is 0 Å². The van der Waals surface area contributed by atoms with Crippen molar-refractivity contribution in [2.45, 2.75) is 4.90 Å². The van der Waals surface area contributed by atoms with E-state index in [9.17, 15) is 18.0 Å². The van der Waals surface area contributed by atoms with Gasteiger partial charge in [0.2, 0.25) is 10.0 Å². The summed E-state index contributed by atoms with van der Waals surface area (Å²) in [7, 11) is -0.734. The van der Waals surface area contributed by atoms with Gasteiger partial charge in [-0.2, -0.15) is 0 Å². The first-order valence-corrected chi connectivity index (χ1v) is 9.68. The highest BCUT2D eigenvalue weighted by Crippen LogP contribution is 2.16. The predicted octanol–water partition coefficient (Wildman–Crippen LogP) is 2.49. The van der Waals surface area contributed by atoms with Gasteiger partial charge in [0.05, 0.1) is 10.5 Å². The maximum absolute atomic E-state index is 12.0. The molecule has 0 aromatic heterocycles. The number of sulfonamides is 1. The number of nitrogens with zero attached hydrogens (tertiary/aromatic N) is 1. The highest BCUT2D eigenvalue weighted by Gasteiger charge is 2.18.